The van der Waals surface area contributed by atoms with Crippen molar-refractivity contribution in [3.8, 4) is 5.75 Å². The van der Waals surface area contributed by atoms with E-state index in [1.54, 1.807) is 0 Å². The molecule has 11 heteroatoms. The van der Waals surface area contributed by atoms with E-state index in [1.165, 1.54) is 31.2 Å². The van der Waals surface area contributed by atoms with Crippen LogP contribution in [0.3, 0.4) is 0 Å². The molecule has 2 N–H and O–H groups in total. The largest absolute Gasteiger partial charge is 0.435 e. The molecule has 31 heavy (non-hydrogen) atoms. The number of rotatable bonds is 6. The van der Waals surface area contributed by atoms with E-state index < -0.39 is 36.4 Å². The average molecular weight is 445 g/mol. The summed E-state index contributed by atoms with van der Waals surface area (Å²) in [6.45, 7) is -1.77. The number of carbonyl (C=O) groups is 1. The van der Waals surface area contributed by atoms with Crippen molar-refractivity contribution < 1.29 is 36.6 Å². The second-order valence-electron chi connectivity index (χ2n) is 7.19. The van der Waals surface area contributed by atoms with Gasteiger partial charge in [0.05, 0.1) is 6.10 Å². The number of amides is 1. The fourth-order valence-corrected chi connectivity index (χ4v) is 3.52. The molecule has 0 fully saturated rings. The number of nitrogens with zero attached hydrogens (tertiary/aromatic N) is 2. The van der Waals surface area contributed by atoms with E-state index in [0.717, 1.165) is 0 Å². The number of alkyl halides is 5. The molecule has 1 heterocycles. The second kappa shape index (κ2) is 9.13. The molecule has 1 aliphatic rings. The average Bonchev–Trinajstić information content (AvgIpc) is 2.70. The van der Waals surface area contributed by atoms with Gasteiger partial charge in [-0.3, -0.25) is 4.79 Å². The Hall–Kier alpha value is -2.82. The first-order valence-electron chi connectivity index (χ1n) is 9.48. The Morgan fingerprint density at radius 2 is 1.94 bits per heavy atom. The summed E-state index contributed by atoms with van der Waals surface area (Å²) in [5.41, 5.74) is -0.424. The normalized spacial score (nSPS) is 17.2. The number of hydrogen-bond acceptors (Lipinski definition) is 5. The summed E-state index contributed by atoms with van der Waals surface area (Å²) in [4.78, 5) is 20.1. The molecule has 2 aromatic rings. The lowest BCUT2D eigenvalue weighted by Crippen LogP contribution is -2.37. The highest BCUT2D eigenvalue weighted by atomic mass is 19.4. The van der Waals surface area contributed by atoms with Gasteiger partial charge in [0, 0.05) is 23.7 Å². The Bertz CT molecular complexity index is 935. The summed E-state index contributed by atoms with van der Waals surface area (Å²) in [6.07, 6.45) is -5.38. The maximum absolute atomic E-state index is 13.3. The number of ether oxygens (including phenoxy) is 1. The Balaban J connectivity index is 1.62. The SMILES string of the molecule is Cc1nc2c(c(C(F)(F)F)n1)C[C@H](C(=O)NC[C@@H](O)c1ccc(OC(F)F)cc1)CC2. The molecule has 0 aliphatic heterocycles. The number of hydrogen-bond donors (Lipinski definition) is 2. The van der Waals surface area contributed by atoms with Crippen LogP contribution in [-0.2, 0) is 23.8 Å². The van der Waals surface area contributed by atoms with Gasteiger partial charge >= 0.3 is 12.8 Å². The molecule has 1 aromatic carbocycles. The van der Waals surface area contributed by atoms with Crippen molar-refractivity contribution in [2.75, 3.05) is 6.54 Å². The van der Waals surface area contributed by atoms with E-state index in [9.17, 15) is 31.9 Å². The first-order chi connectivity index (χ1) is 14.5. The zero-order valence-corrected chi connectivity index (χ0v) is 16.4. The fraction of sp³-hybridized carbons (Fsp3) is 0.450. The number of nitrogens with one attached hydrogen (secondary N) is 1. The van der Waals surface area contributed by atoms with Crippen LogP contribution in [0.25, 0.3) is 0 Å². The Kier molecular flexibility index (Phi) is 6.73. The third kappa shape index (κ3) is 5.66. The topological polar surface area (TPSA) is 84.3 Å². The lowest BCUT2D eigenvalue weighted by Gasteiger charge is -2.26. The van der Waals surface area contributed by atoms with Crippen molar-refractivity contribution >= 4 is 5.91 Å². The van der Waals surface area contributed by atoms with E-state index in [-0.39, 0.29) is 36.5 Å². The molecule has 1 aromatic heterocycles. The van der Waals surface area contributed by atoms with Crippen LogP contribution in [0.4, 0.5) is 22.0 Å². The predicted molar refractivity (Wildman–Crippen MR) is 98.3 cm³/mol. The second-order valence-corrected chi connectivity index (χ2v) is 7.19. The highest BCUT2D eigenvalue weighted by Gasteiger charge is 2.39. The molecular formula is C20H20F5N3O3. The van der Waals surface area contributed by atoms with Crippen LogP contribution in [0.2, 0.25) is 0 Å². The summed E-state index contributed by atoms with van der Waals surface area (Å²) in [5.74, 6) is -1.25. The Morgan fingerprint density at radius 1 is 1.26 bits per heavy atom. The lowest BCUT2D eigenvalue weighted by molar-refractivity contribution is -0.142. The zero-order chi connectivity index (χ0) is 22.8. The first-order valence-corrected chi connectivity index (χ1v) is 9.48. The lowest BCUT2D eigenvalue weighted by atomic mass is 9.85. The number of benzene rings is 1. The number of halogens is 5. The first kappa shape index (κ1) is 22.9. The molecule has 6 nitrogen and oxygen atoms in total. The van der Waals surface area contributed by atoms with Gasteiger partial charge in [-0.15, -0.1) is 0 Å². The van der Waals surface area contributed by atoms with Crippen molar-refractivity contribution in [1.29, 1.82) is 0 Å². The number of aliphatic hydroxyl groups excluding tert-OH is 1. The monoisotopic (exact) mass is 445 g/mol. The third-order valence-electron chi connectivity index (χ3n) is 4.98. The highest BCUT2D eigenvalue weighted by Crippen LogP contribution is 2.36. The molecule has 1 aliphatic carbocycles. The predicted octanol–water partition coefficient (Wildman–Crippen LogP) is 3.36. The number of carbonyl (C=O) groups excluding carboxylic acids is 1. The Morgan fingerprint density at radius 3 is 2.55 bits per heavy atom. The summed E-state index contributed by atoms with van der Waals surface area (Å²) in [5, 5.41) is 12.7. The van der Waals surface area contributed by atoms with Gasteiger partial charge in [-0.2, -0.15) is 22.0 Å². The van der Waals surface area contributed by atoms with Crippen LogP contribution in [-0.4, -0.2) is 34.1 Å². The number of aryl methyl sites for hydroxylation is 2. The molecule has 0 spiro atoms. The van der Waals surface area contributed by atoms with Crippen LogP contribution < -0.4 is 10.1 Å². The molecule has 0 radical (unpaired) electrons. The van der Waals surface area contributed by atoms with Crippen molar-refractivity contribution in [2.24, 2.45) is 5.92 Å². The summed E-state index contributed by atoms with van der Waals surface area (Å²) in [7, 11) is 0. The molecule has 3 rings (SSSR count). The van der Waals surface area contributed by atoms with Crippen LogP contribution in [0.15, 0.2) is 24.3 Å². The number of fused-ring (bicyclic) bond motifs is 1. The van der Waals surface area contributed by atoms with Crippen molar-refractivity contribution in [1.82, 2.24) is 15.3 Å². The van der Waals surface area contributed by atoms with Gasteiger partial charge in [0.1, 0.15) is 11.6 Å². The minimum absolute atomic E-state index is 0.0297. The molecule has 0 saturated heterocycles. The van der Waals surface area contributed by atoms with Gasteiger partial charge in [0.25, 0.3) is 0 Å². The van der Waals surface area contributed by atoms with Crippen LogP contribution in [0.1, 0.15) is 40.9 Å². The van der Waals surface area contributed by atoms with E-state index in [2.05, 4.69) is 20.0 Å². The van der Waals surface area contributed by atoms with Crippen molar-refractivity contribution in [3.05, 3.63) is 52.6 Å². The third-order valence-corrected chi connectivity index (χ3v) is 4.98. The zero-order valence-electron chi connectivity index (χ0n) is 16.4. The molecule has 0 unspecified atom stereocenters. The maximum Gasteiger partial charge on any atom is 0.433 e. The quantitative estimate of drug-likeness (QED) is 0.667. The van der Waals surface area contributed by atoms with E-state index >= 15 is 0 Å². The number of aromatic nitrogens is 2. The molecule has 0 saturated carbocycles. The Labute approximate surface area is 174 Å². The smallest absolute Gasteiger partial charge is 0.433 e. The van der Waals surface area contributed by atoms with Crippen molar-refractivity contribution in [3.63, 3.8) is 0 Å². The fourth-order valence-electron chi connectivity index (χ4n) is 3.52. The van der Waals surface area contributed by atoms with Gasteiger partial charge in [-0.05, 0) is 43.9 Å². The van der Waals surface area contributed by atoms with Crippen LogP contribution in [0, 0.1) is 12.8 Å². The maximum atomic E-state index is 13.3. The van der Waals surface area contributed by atoms with Crippen LogP contribution in [0.5, 0.6) is 5.75 Å². The molecule has 0 bridgehead atoms. The minimum atomic E-state index is -4.65. The summed E-state index contributed by atoms with van der Waals surface area (Å²) in [6, 6.07) is 5.26. The molecule has 168 valence electrons. The number of aliphatic hydroxyl groups is 1. The highest BCUT2D eigenvalue weighted by molar-refractivity contribution is 5.79. The van der Waals surface area contributed by atoms with Crippen molar-refractivity contribution in [2.45, 2.75) is 45.1 Å². The molecule has 2 atom stereocenters. The van der Waals surface area contributed by atoms with Gasteiger partial charge < -0.3 is 15.2 Å². The minimum Gasteiger partial charge on any atom is -0.435 e. The summed E-state index contributed by atoms with van der Waals surface area (Å²) < 4.78 is 68.6. The van der Waals surface area contributed by atoms with Crippen LogP contribution >= 0.6 is 0 Å². The van der Waals surface area contributed by atoms with Gasteiger partial charge in [0.2, 0.25) is 5.91 Å². The van der Waals surface area contributed by atoms with E-state index in [4.69, 9.17) is 0 Å². The van der Waals surface area contributed by atoms with E-state index in [0.29, 0.717) is 17.7 Å². The van der Waals surface area contributed by atoms with E-state index in [1.807, 2.05) is 0 Å². The van der Waals surface area contributed by atoms with Gasteiger partial charge in [-0.1, -0.05) is 12.1 Å². The molecule has 1 amide bonds. The molecular weight excluding hydrogens is 425 g/mol. The van der Waals surface area contributed by atoms with Gasteiger partial charge in [-0.25, -0.2) is 9.97 Å². The summed E-state index contributed by atoms with van der Waals surface area (Å²) >= 11 is 0. The van der Waals surface area contributed by atoms with Gasteiger partial charge in [0.15, 0.2) is 5.69 Å². The standard InChI is InChI=1S/C20H20F5N3O3/c1-10-27-15-7-4-12(8-14(15)17(28-10)20(23,24)25)18(30)26-9-16(29)11-2-5-13(6-3-11)31-19(21)22/h2-3,5-6,12,16,19,29H,4,7-9H2,1H3,(H,26,30)/t12-,16-/m1/s1.